The normalized spacial score (nSPS) is 12.3. The Hall–Kier alpha value is -3.22. The standard InChI is InChI=1S/C18H17N3O4/c22-14(8-9-16(24)25)17-15(23)10-13(18-19-11-20-21(17)18)7-6-12-4-2-1-3-5-12/h1-5,10-11,22H,6-9H2,(H,24,25)/b17-14-. The summed E-state index contributed by atoms with van der Waals surface area (Å²) < 4.78 is 1.29. The number of rotatable bonds is 6. The van der Waals surface area contributed by atoms with Crippen LogP contribution in [0.15, 0.2) is 47.5 Å². The molecule has 0 saturated carbocycles. The van der Waals surface area contributed by atoms with E-state index in [0.717, 1.165) is 17.5 Å². The van der Waals surface area contributed by atoms with Gasteiger partial charge in [0.05, 0.1) is 6.42 Å². The summed E-state index contributed by atoms with van der Waals surface area (Å²) in [4.78, 5) is 27.3. The molecule has 0 aliphatic rings. The Balaban J connectivity index is 1.99. The van der Waals surface area contributed by atoms with Gasteiger partial charge in [-0.15, -0.1) is 0 Å². The average molecular weight is 339 g/mol. The van der Waals surface area contributed by atoms with E-state index in [2.05, 4.69) is 10.1 Å². The maximum atomic E-state index is 12.4. The van der Waals surface area contributed by atoms with Crippen molar-refractivity contribution in [2.45, 2.75) is 25.7 Å². The summed E-state index contributed by atoms with van der Waals surface area (Å²) in [6.45, 7) is 0. The van der Waals surface area contributed by atoms with Crippen LogP contribution in [-0.2, 0) is 17.6 Å². The lowest BCUT2D eigenvalue weighted by atomic mass is 10.1. The molecule has 3 aromatic rings. The third kappa shape index (κ3) is 3.65. The van der Waals surface area contributed by atoms with Gasteiger partial charge in [-0.05, 0) is 24.5 Å². The Morgan fingerprint density at radius 1 is 1.08 bits per heavy atom. The third-order valence-electron chi connectivity index (χ3n) is 3.96. The van der Waals surface area contributed by atoms with Crippen molar-refractivity contribution >= 4 is 17.4 Å². The minimum Gasteiger partial charge on any atom is -0.510 e. The van der Waals surface area contributed by atoms with E-state index in [1.165, 1.54) is 16.9 Å². The molecule has 0 saturated heterocycles. The lowest BCUT2D eigenvalue weighted by Crippen LogP contribution is -2.35. The first-order valence-electron chi connectivity index (χ1n) is 7.89. The largest absolute Gasteiger partial charge is 0.510 e. The number of fused-ring (bicyclic) bond motifs is 1. The monoisotopic (exact) mass is 339 g/mol. The van der Waals surface area contributed by atoms with Gasteiger partial charge < -0.3 is 10.2 Å². The number of aromatic nitrogens is 3. The van der Waals surface area contributed by atoms with Crippen LogP contribution in [0.2, 0.25) is 0 Å². The van der Waals surface area contributed by atoms with Crippen LogP contribution in [0.5, 0.6) is 0 Å². The second-order valence-electron chi connectivity index (χ2n) is 5.70. The molecule has 0 radical (unpaired) electrons. The molecule has 128 valence electrons. The minimum absolute atomic E-state index is 0.0304. The highest BCUT2D eigenvalue weighted by Crippen LogP contribution is 2.09. The Morgan fingerprint density at radius 2 is 1.84 bits per heavy atom. The maximum absolute atomic E-state index is 12.4. The predicted octanol–water partition coefficient (Wildman–Crippen LogP) is 1.12. The molecule has 7 nitrogen and oxygen atoms in total. The molecule has 0 unspecified atom stereocenters. The fraction of sp³-hybridized carbons (Fsp3) is 0.222. The predicted molar refractivity (Wildman–Crippen MR) is 91.2 cm³/mol. The number of hydrogen-bond donors (Lipinski definition) is 2. The molecular weight excluding hydrogens is 322 g/mol. The van der Waals surface area contributed by atoms with Gasteiger partial charge in [0, 0.05) is 12.0 Å². The average Bonchev–Trinajstić information content (AvgIpc) is 3.08. The van der Waals surface area contributed by atoms with Crippen molar-refractivity contribution in [3.05, 3.63) is 69.4 Å². The topological polar surface area (TPSA) is 105 Å². The van der Waals surface area contributed by atoms with Gasteiger partial charge in [-0.2, -0.15) is 5.10 Å². The van der Waals surface area contributed by atoms with Crippen LogP contribution < -0.4 is 10.8 Å². The van der Waals surface area contributed by atoms with Crippen molar-refractivity contribution in [1.29, 1.82) is 0 Å². The van der Waals surface area contributed by atoms with Crippen molar-refractivity contribution in [2.75, 3.05) is 0 Å². The smallest absolute Gasteiger partial charge is 0.303 e. The Kier molecular flexibility index (Phi) is 4.74. The molecule has 0 spiro atoms. The van der Waals surface area contributed by atoms with Crippen LogP contribution in [-0.4, -0.2) is 30.8 Å². The molecule has 0 amide bonds. The van der Waals surface area contributed by atoms with Crippen molar-refractivity contribution < 1.29 is 15.0 Å². The molecule has 0 fully saturated rings. The van der Waals surface area contributed by atoms with E-state index in [-0.39, 0.29) is 23.9 Å². The number of carbonyl (C=O) groups is 1. The maximum Gasteiger partial charge on any atom is 0.303 e. The van der Waals surface area contributed by atoms with Crippen LogP contribution >= 0.6 is 0 Å². The second-order valence-corrected chi connectivity index (χ2v) is 5.70. The molecule has 7 heteroatoms. The van der Waals surface area contributed by atoms with Crippen molar-refractivity contribution in [2.24, 2.45) is 0 Å². The Labute approximate surface area is 142 Å². The van der Waals surface area contributed by atoms with Crippen molar-refractivity contribution in [1.82, 2.24) is 14.6 Å². The van der Waals surface area contributed by atoms with Gasteiger partial charge in [0.15, 0.2) is 11.0 Å². The molecule has 0 aliphatic carbocycles. The summed E-state index contributed by atoms with van der Waals surface area (Å²) in [6, 6.07) is 11.3. The molecule has 3 rings (SSSR count). The van der Waals surface area contributed by atoms with E-state index in [1.54, 1.807) is 0 Å². The van der Waals surface area contributed by atoms with Gasteiger partial charge in [0.25, 0.3) is 0 Å². The van der Waals surface area contributed by atoms with E-state index in [0.29, 0.717) is 12.1 Å². The molecule has 0 atom stereocenters. The number of hydrogen-bond acceptors (Lipinski definition) is 5. The van der Waals surface area contributed by atoms with Crippen molar-refractivity contribution in [3.8, 4) is 0 Å². The van der Waals surface area contributed by atoms with Crippen molar-refractivity contribution in [3.63, 3.8) is 0 Å². The van der Waals surface area contributed by atoms with Gasteiger partial charge in [-0.25, -0.2) is 9.50 Å². The van der Waals surface area contributed by atoms with Gasteiger partial charge in [-0.3, -0.25) is 9.59 Å². The second kappa shape index (κ2) is 7.12. The van der Waals surface area contributed by atoms with E-state index in [1.807, 2.05) is 30.3 Å². The summed E-state index contributed by atoms with van der Waals surface area (Å²) in [5, 5.41) is 22.9. The number of benzene rings is 1. The lowest BCUT2D eigenvalue weighted by Gasteiger charge is -2.05. The van der Waals surface area contributed by atoms with Gasteiger partial charge in [0.1, 0.15) is 12.1 Å². The molecular formula is C18H17N3O4. The zero-order chi connectivity index (χ0) is 17.8. The number of aryl methyl sites for hydroxylation is 2. The zero-order valence-electron chi connectivity index (χ0n) is 13.4. The molecule has 25 heavy (non-hydrogen) atoms. The minimum atomic E-state index is -1.05. The Bertz CT molecular complexity index is 1010. The van der Waals surface area contributed by atoms with Crippen LogP contribution in [0.4, 0.5) is 0 Å². The number of aliphatic carboxylic acids is 1. The van der Waals surface area contributed by atoms with Crippen LogP contribution in [0, 0.1) is 0 Å². The van der Waals surface area contributed by atoms with Crippen LogP contribution in [0.3, 0.4) is 0 Å². The lowest BCUT2D eigenvalue weighted by molar-refractivity contribution is -0.136. The molecule has 2 N–H and O–H groups in total. The molecule has 1 aromatic carbocycles. The number of nitrogens with zero attached hydrogens (tertiary/aromatic N) is 3. The number of carboxylic acid groups (broad SMARTS) is 1. The molecule has 0 aliphatic heterocycles. The van der Waals surface area contributed by atoms with E-state index in [4.69, 9.17) is 5.11 Å². The molecule has 2 heterocycles. The number of pyridine rings is 1. The number of carboxylic acids is 1. The SMILES string of the molecule is O=C(O)CC/C(O)=c1\c(=O)cc(CCc2ccccc2)c2ncnn12. The highest BCUT2D eigenvalue weighted by atomic mass is 16.4. The van der Waals surface area contributed by atoms with E-state index < -0.39 is 11.4 Å². The van der Waals surface area contributed by atoms with Crippen LogP contribution in [0.25, 0.3) is 11.4 Å². The zero-order valence-corrected chi connectivity index (χ0v) is 13.4. The summed E-state index contributed by atoms with van der Waals surface area (Å²) in [5.74, 6) is -1.34. The highest BCUT2D eigenvalue weighted by molar-refractivity contribution is 5.68. The van der Waals surface area contributed by atoms with E-state index >= 15 is 0 Å². The number of aliphatic hydroxyl groups excluding tert-OH is 1. The summed E-state index contributed by atoms with van der Waals surface area (Å²) in [5.41, 5.74) is 1.98. The van der Waals surface area contributed by atoms with Gasteiger partial charge in [-0.1, -0.05) is 30.3 Å². The first kappa shape index (κ1) is 16.6. The van der Waals surface area contributed by atoms with Gasteiger partial charge >= 0.3 is 5.97 Å². The quantitative estimate of drug-likeness (QED) is 0.697. The van der Waals surface area contributed by atoms with Crippen LogP contribution in [0.1, 0.15) is 24.0 Å². The summed E-state index contributed by atoms with van der Waals surface area (Å²) in [7, 11) is 0. The summed E-state index contributed by atoms with van der Waals surface area (Å²) >= 11 is 0. The highest BCUT2D eigenvalue weighted by Gasteiger charge is 2.12. The number of aliphatic hydroxyl groups is 1. The van der Waals surface area contributed by atoms with E-state index in [9.17, 15) is 14.7 Å². The third-order valence-corrected chi connectivity index (χ3v) is 3.96. The molecule has 0 bridgehead atoms. The first-order chi connectivity index (χ1) is 12.1. The molecule has 2 aromatic heterocycles. The Morgan fingerprint density at radius 3 is 2.56 bits per heavy atom. The fourth-order valence-electron chi connectivity index (χ4n) is 2.74. The summed E-state index contributed by atoms with van der Waals surface area (Å²) in [6.07, 6.45) is 2.27. The van der Waals surface area contributed by atoms with Gasteiger partial charge in [0.2, 0.25) is 5.43 Å². The first-order valence-corrected chi connectivity index (χ1v) is 7.89. The fourth-order valence-corrected chi connectivity index (χ4v) is 2.74.